The van der Waals surface area contributed by atoms with Gasteiger partial charge in [0.25, 0.3) is 0 Å². The maximum atomic E-state index is 12.6. The standard InChI is InChI=1S/C24H41N.C21H23NO2.C5H10.C2H6/c1-7-12-21(17-16-19(5)9-3)22-14-11-15-23(18-22)25-24(13-8-2)20(6)10-4;1-4-7-20(23)19-13-22(14(3)18(5-2)21(19)24)17-11-10-15-8-6-9-16(15)12-17;1-4-3-5(4)2;1-2/h8,11,14-15,18-21,24-25H,2,7,9-10,12-13,16-17H2,1,3-6H3;5,10-13H,3-4,6-9H2,1-2H3;4-5H,3H2,1-2H3;1-2H3/b;18-5+;;. The van der Waals surface area contributed by atoms with E-state index in [-0.39, 0.29) is 16.8 Å². The van der Waals surface area contributed by atoms with Crippen molar-refractivity contribution in [3.05, 3.63) is 104 Å². The van der Waals surface area contributed by atoms with Crippen molar-refractivity contribution in [3.63, 3.8) is 0 Å². The van der Waals surface area contributed by atoms with Crippen LogP contribution in [0.3, 0.4) is 0 Å². The van der Waals surface area contributed by atoms with Crippen LogP contribution in [-0.4, -0.2) is 16.4 Å². The minimum Gasteiger partial charge on any atom is -0.382 e. The van der Waals surface area contributed by atoms with Crippen LogP contribution in [0.15, 0.2) is 66.1 Å². The number of aromatic nitrogens is 1. The molecule has 3 aromatic rings. The molecule has 1 saturated carbocycles. The fraction of sp³-hybridized carbons (Fsp3) is 0.577. The number of aryl methyl sites for hydroxylation is 2. The quantitative estimate of drug-likeness (QED) is 0.110. The molecule has 6 atom stereocenters. The number of hydrogen-bond acceptors (Lipinski definition) is 3. The summed E-state index contributed by atoms with van der Waals surface area (Å²) in [5.74, 6) is 4.19. The van der Waals surface area contributed by atoms with E-state index in [1.165, 1.54) is 73.7 Å². The maximum absolute atomic E-state index is 12.6. The van der Waals surface area contributed by atoms with Crippen LogP contribution in [0.1, 0.15) is 180 Å². The number of anilines is 1. The minimum absolute atomic E-state index is 0.0967. The second-order valence-corrected chi connectivity index (χ2v) is 16.4. The normalized spacial score (nSPS) is 17.7. The Kier molecular flexibility index (Phi) is 22.1. The first-order valence-electron chi connectivity index (χ1n) is 22.5. The Labute approximate surface area is 343 Å². The number of carbonyl (C=O) groups excluding carboxylic acids is 1. The number of hydrogen-bond donors (Lipinski definition) is 1. The highest BCUT2D eigenvalue weighted by Crippen LogP contribution is 2.36. The molecule has 310 valence electrons. The second-order valence-electron chi connectivity index (χ2n) is 16.4. The molecule has 1 N–H and O–H groups in total. The largest absolute Gasteiger partial charge is 0.382 e. The second kappa shape index (κ2) is 25.6. The van der Waals surface area contributed by atoms with Crippen molar-refractivity contribution in [2.45, 2.75) is 172 Å². The molecule has 1 heterocycles. The first-order valence-corrected chi connectivity index (χ1v) is 22.5. The number of rotatable bonds is 17. The molecular weight excluding hydrogens is 685 g/mol. The highest BCUT2D eigenvalue weighted by molar-refractivity contribution is 5.95. The summed E-state index contributed by atoms with van der Waals surface area (Å²) in [4.78, 5) is 25.0. The molecule has 2 aromatic carbocycles. The lowest BCUT2D eigenvalue weighted by Crippen LogP contribution is -2.46. The van der Waals surface area contributed by atoms with E-state index in [4.69, 9.17) is 0 Å². The van der Waals surface area contributed by atoms with Gasteiger partial charge in [-0.05, 0) is 129 Å². The van der Waals surface area contributed by atoms with Crippen LogP contribution < -0.4 is 21.3 Å². The van der Waals surface area contributed by atoms with Gasteiger partial charge in [-0.25, -0.2) is 0 Å². The summed E-state index contributed by atoms with van der Waals surface area (Å²) in [6.07, 6.45) is 20.2. The van der Waals surface area contributed by atoms with Gasteiger partial charge in [-0.1, -0.05) is 132 Å². The molecule has 0 saturated heterocycles. The van der Waals surface area contributed by atoms with Gasteiger partial charge in [0.1, 0.15) is 0 Å². The maximum Gasteiger partial charge on any atom is 0.199 e. The van der Waals surface area contributed by atoms with E-state index in [1.54, 1.807) is 12.3 Å². The van der Waals surface area contributed by atoms with Gasteiger partial charge in [-0.3, -0.25) is 9.59 Å². The number of benzene rings is 2. The molecule has 0 spiro atoms. The SMILES string of the molecule is C=CCC(Nc1cccc(C(CCC)CCC(C)CC)c1)C(C)CC.C=c1/c(=C\C)c(=O)c(C(=O)CCC)cn1-c1ccc2c(c1)CCC2.CC.CC1CC1C. The number of nitrogens with one attached hydrogen (secondary N) is 1. The summed E-state index contributed by atoms with van der Waals surface area (Å²) in [6.45, 7) is 32.0. The van der Waals surface area contributed by atoms with E-state index in [0.29, 0.717) is 34.9 Å². The Hall–Kier alpha value is -3.66. The average Bonchev–Trinajstić information content (AvgIpc) is 3.63. The summed E-state index contributed by atoms with van der Waals surface area (Å²) < 4.78 is 1.89. The fourth-order valence-corrected chi connectivity index (χ4v) is 7.49. The highest BCUT2D eigenvalue weighted by Gasteiger charge is 2.26. The van der Waals surface area contributed by atoms with Gasteiger partial charge in [0.15, 0.2) is 11.2 Å². The highest BCUT2D eigenvalue weighted by atomic mass is 16.1. The molecule has 1 aromatic heterocycles. The Balaban J connectivity index is 0.000000330. The lowest BCUT2D eigenvalue weighted by Gasteiger charge is -2.25. The van der Waals surface area contributed by atoms with Crippen molar-refractivity contribution in [2.75, 3.05) is 5.32 Å². The van der Waals surface area contributed by atoms with Gasteiger partial charge in [-0.15, -0.1) is 6.58 Å². The molecule has 0 bridgehead atoms. The van der Waals surface area contributed by atoms with E-state index in [0.717, 1.165) is 49.1 Å². The van der Waals surface area contributed by atoms with Crippen LogP contribution in [0, 0.1) is 23.7 Å². The van der Waals surface area contributed by atoms with Crippen LogP contribution in [0.5, 0.6) is 0 Å². The molecular formula is C52H80N2O2. The van der Waals surface area contributed by atoms with Crippen LogP contribution >= 0.6 is 0 Å². The predicted molar refractivity (Wildman–Crippen MR) is 247 cm³/mol. The molecule has 4 heteroatoms. The van der Waals surface area contributed by atoms with E-state index in [9.17, 15) is 9.59 Å². The molecule has 1 fully saturated rings. The molecule has 2 aliphatic carbocycles. The monoisotopic (exact) mass is 765 g/mol. The zero-order chi connectivity index (χ0) is 41.8. The van der Waals surface area contributed by atoms with Crippen molar-refractivity contribution in [1.29, 1.82) is 0 Å². The molecule has 5 rings (SSSR count). The third-order valence-corrected chi connectivity index (χ3v) is 12.1. The Morgan fingerprint density at radius 1 is 0.929 bits per heavy atom. The summed E-state index contributed by atoms with van der Waals surface area (Å²) in [6, 6.07) is 16.0. The van der Waals surface area contributed by atoms with Crippen molar-refractivity contribution in [3.8, 4) is 5.69 Å². The van der Waals surface area contributed by atoms with Gasteiger partial charge in [0, 0.05) is 40.6 Å². The van der Waals surface area contributed by atoms with Crippen LogP contribution in [0.2, 0.25) is 0 Å². The van der Waals surface area contributed by atoms with E-state index in [1.807, 2.05) is 38.3 Å². The number of Topliss-reactive ketones (excluding diaryl/α,β-unsaturated/α-hetero) is 1. The van der Waals surface area contributed by atoms with Crippen molar-refractivity contribution in [1.82, 2.24) is 4.57 Å². The Morgan fingerprint density at radius 3 is 2.18 bits per heavy atom. The average molecular weight is 765 g/mol. The van der Waals surface area contributed by atoms with E-state index >= 15 is 0 Å². The lowest BCUT2D eigenvalue weighted by atomic mass is 9.87. The summed E-state index contributed by atoms with van der Waals surface area (Å²) in [5, 5.41) is 4.92. The first kappa shape index (κ1) is 48.5. The lowest BCUT2D eigenvalue weighted by molar-refractivity contribution is 0.0980. The molecule has 6 unspecified atom stereocenters. The zero-order valence-corrected chi connectivity index (χ0v) is 37.6. The molecule has 56 heavy (non-hydrogen) atoms. The number of carbonyl (C=O) groups is 1. The molecule has 0 aliphatic heterocycles. The van der Waals surface area contributed by atoms with Gasteiger partial charge < -0.3 is 9.88 Å². The van der Waals surface area contributed by atoms with Gasteiger partial charge in [-0.2, -0.15) is 0 Å². The van der Waals surface area contributed by atoms with E-state index in [2.05, 4.69) is 109 Å². The van der Waals surface area contributed by atoms with Gasteiger partial charge >= 0.3 is 0 Å². The summed E-state index contributed by atoms with van der Waals surface area (Å²) in [5.41, 5.74) is 6.56. The predicted octanol–water partition coefficient (Wildman–Crippen LogP) is 13.0. The molecule has 4 nitrogen and oxygen atoms in total. The number of fused-ring (bicyclic) bond motifs is 1. The number of ketones is 1. The third kappa shape index (κ3) is 14.7. The number of pyridine rings is 1. The van der Waals surface area contributed by atoms with Crippen LogP contribution in [0.4, 0.5) is 5.69 Å². The summed E-state index contributed by atoms with van der Waals surface area (Å²) in [7, 11) is 0. The summed E-state index contributed by atoms with van der Waals surface area (Å²) >= 11 is 0. The van der Waals surface area contributed by atoms with Crippen LogP contribution in [0.25, 0.3) is 18.3 Å². The molecule has 2 aliphatic rings. The Bertz CT molecular complexity index is 1800. The minimum atomic E-state index is -0.210. The molecule has 0 amide bonds. The van der Waals surface area contributed by atoms with Crippen molar-refractivity contribution < 1.29 is 4.79 Å². The van der Waals surface area contributed by atoms with Crippen LogP contribution in [-0.2, 0) is 12.8 Å². The van der Waals surface area contributed by atoms with Gasteiger partial charge in [0.05, 0.1) is 5.56 Å². The van der Waals surface area contributed by atoms with Crippen molar-refractivity contribution >= 4 is 24.1 Å². The van der Waals surface area contributed by atoms with Crippen molar-refractivity contribution in [2.24, 2.45) is 23.7 Å². The molecule has 0 radical (unpaired) electrons. The topological polar surface area (TPSA) is 51.1 Å². The smallest absolute Gasteiger partial charge is 0.199 e. The van der Waals surface area contributed by atoms with E-state index < -0.39 is 0 Å². The first-order chi connectivity index (χ1) is 26.9. The number of nitrogens with zero attached hydrogens (tertiary/aromatic N) is 1. The Morgan fingerprint density at radius 2 is 1.61 bits per heavy atom. The fourth-order valence-electron chi connectivity index (χ4n) is 7.49. The zero-order valence-electron chi connectivity index (χ0n) is 37.6. The third-order valence-electron chi connectivity index (χ3n) is 12.1. The van der Waals surface area contributed by atoms with Gasteiger partial charge in [0.2, 0.25) is 0 Å².